The van der Waals surface area contributed by atoms with Crippen LogP contribution in [0, 0.1) is 10.1 Å². The lowest BCUT2D eigenvalue weighted by molar-refractivity contribution is -0.384. The fraction of sp³-hybridized carbons (Fsp3) is 0. The van der Waals surface area contributed by atoms with Crippen LogP contribution in [0.25, 0.3) is 11.1 Å². The van der Waals surface area contributed by atoms with Crippen molar-refractivity contribution in [2.45, 2.75) is 0 Å². The van der Waals surface area contributed by atoms with Crippen LogP contribution in [0.15, 0.2) is 42.5 Å². The molecule has 0 radical (unpaired) electrons. The maximum absolute atomic E-state index is 10.9. The van der Waals surface area contributed by atoms with Gasteiger partial charge in [0.15, 0.2) is 0 Å². The molecule has 2 aromatic carbocycles. The molecule has 0 aromatic heterocycles. The molecule has 96 valence electrons. The maximum Gasteiger partial charge on any atom is 0.339 e. The third kappa shape index (κ3) is 2.52. The van der Waals surface area contributed by atoms with Crippen molar-refractivity contribution in [2.75, 3.05) is 0 Å². The number of hydrogen-bond donors (Lipinski definition) is 2. The van der Waals surface area contributed by atoms with Crippen LogP contribution < -0.4 is 0 Å². The molecule has 0 aliphatic carbocycles. The monoisotopic (exact) mass is 259 g/mol. The number of rotatable bonds is 3. The fourth-order valence-corrected chi connectivity index (χ4v) is 1.66. The Morgan fingerprint density at radius 3 is 2.16 bits per heavy atom. The van der Waals surface area contributed by atoms with E-state index < -0.39 is 10.9 Å². The molecule has 0 bridgehead atoms. The number of carboxylic acids is 1. The molecule has 19 heavy (non-hydrogen) atoms. The Bertz CT molecular complexity index is 649. The van der Waals surface area contributed by atoms with Crippen LogP contribution >= 0.6 is 0 Å². The number of nitro benzene ring substituents is 1. The summed E-state index contributed by atoms with van der Waals surface area (Å²) in [6.45, 7) is 0. The van der Waals surface area contributed by atoms with E-state index in [0.717, 1.165) is 0 Å². The zero-order valence-electron chi connectivity index (χ0n) is 9.61. The number of carboxylic acid groups (broad SMARTS) is 1. The van der Waals surface area contributed by atoms with Crippen LogP contribution in [0.4, 0.5) is 5.69 Å². The van der Waals surface area contributed by atoms with Crippen molar-refractivity contribution in [3.8, 4) is 16.9 Å². The lowest BCUT2D eigenvalue weighted by atomic mass is 10.0. The number of nitrogens with zero attached hydrogens (tertiary/aromatic N) is 1. The number of phenols is 1. The van der Waals surface area contributed by atoms with Gasteiger partial charge in [-0.15, -0.1) is 0 Å². The van der Waals surface area contributed by atoms with Gasteiger partial charge >= 0.3 is 5.97 Å². The Hall–Kier alpha value is -2.89. The van der Waals surface area contributed by atoms with E-state index in [0.29, 0.717) is 11.1 Å². The minimum absolute atomic E-state index is 0.0408. The zero-order chi connectivity index (χ0) is 14.0. The molecule has 2 rings (SSSR count). The van der Waals surface area contributed by atoms with Gasteiger partial charge in [0.2, 0.25) is 0 Å². The number of benzene rings is 2. The highest BCUT2D eigenvalue weighted by Crippen LogP contribution is 2.27. The van der Waals surface area contributed by atoms with E-state index >= 15 is 0 Å². The van der Waals surface area contributed by atoms with E-state index in [1.54, 1.807) is 6.07 Å². The van der Waals surface area contributed by atoms with E-state index in [9.17, 15) is 20.0 Å². The number of hydrogen-bond acceptors (Lipinski definition) is 4. The van der Waals surface area contributed by atoms with Crippen molar-refractivity contribution < 1.29 is 19.9 Å². The summed E-state index contributed by atoms with van der Waals surface area (Å²) in [7, 11) is 0. The second-order valence-electron chi connectivity index (χ2n) is 3.84. The fourth-order valence-electron chi connectivity index (χ4n) is 1.66. The van der Waals surface area contributed by atoms with Gasteiger partial charge < -0.3 is 10.2 Å². The summed E-state index contributed by atoms with van der Waals surface area (Å²) in [5.41, 5.74) is 0.940. The lowest BCUT2D eigenvalue weighted by Crippen LogP contribution is -1.97. The van der Waals surface area contributed by atoms with Crippen LogP contribution in [0.5, 0.6) is 5.75 Å². The molecule has 2 aromatic rings. The highest BCUT2D eigenvalue weighted by molar-refractivity contribution is 5.92. The highest BCUT2D eigenvalue weighted by Gasteiger charge is 2.11. The number of aromatic carboxylic acids is 1. The Balaban J connectivity index is 2.44. The second kappa shape index (κ2) is 4.77. The quantitative estimate of drug-likeness (QED) is 0.651. The van der Waals surface area contributed by atoms with Crippen molar-refractivity contribution in [2.24, 2.45) is 0 Å². The van der Waals surface area contributed by atoms with E-state index in [4.69, 9.17) is 5.11 Å². The average molecular weight is 259 g/mol. The van der Waals surface area contributed by atoms with Gasteiger partial charge in [-0.25, -0.2) is 4.79 Å². The molecule has 0 atom stereocenters. The van der Waals surface area contributed by atoms with Crippen molar-refractivity contribution in [1.29, 1.82) is 0 Å². The number of non-ortho nitro benzene ring substituents is 1. The van der Waals surface area contributed by atoms with Gasteiger partial charge in [0.1, 0.15) is 11.3 Å². The lowest BCUT2D eigenvalue weighted by Gasteiger charge is -2.04. The van der Waals surface area contributed by atoms with Gasteiger partial charge in [0, 0.05) is 12.1 Å². The minimum Gasteiger partial charge on any atom is -0.507 e. The Labute approximate surface area is 107 Å². The van der Waals surface area contributed by atoms with Crippen molar-refractivity contribution in [1.82, 2.24) is 0 Å². The molecule has 2 N–H and O–H groups in total. The summed E-state index contributed by atoms with van der Waals surface area (Å²) in [5.74, 6) is -1.56. The Morgan fingerprint density at radius 2 is 1.63 bits per heavy atom. The van der Waals surface area contributed by atoms with Gasteiger partial charge in [0.05, 0.1) is 4.92 Å². The van der Waals surface area contributed by atoms with Crippen LogP contribution in [0.2, 0.25) is 0 Å². The summed E-state index contributed by atoms with van der Waals surface area (Å²) in [6, 6.07) is 9.86. The second-order valence-corrected chi connectivity index (χ2v) is 3.84. The molecular weight excluding hydrogens is 250 g/mol. The minimum atomic E-state index is -1.23. The molecule has 0 fully saturated rings. The molecule has 0 unspecified atom stereocenters. The van der Waals surface area contributed by atoms with E-state index in [1.165, 1.54) is 36.4 Å². The van der Waals surface area contributed by atoms with Gasteiger partial charge in [-0.3, -0.25) is 10.1 Å². The summed E-state index contributed by atoms with van der Waals surface area (Å²) in [5, 5.41) is 28.8. The Kier molecular flexibility index (Phi) is 3.15. The van der Waals surface area contributed by atoms with Crippen LogP contribution in [0.1, 0.15) is 10.4 Å². The SMILES string of the molecule is O=C(O)c1cc(-c2ccc([N+](=O)[O-])cc2)ccc1O. The van der Waals surface area contributed by atoms with Crippen molar-refractivity contribution in [3.05, 3.63) is 58.1 Å². The van der Waals surface area contributed by atoms with E-state index in [2.05, 4.69) is 0 Å². The van der Waals surface area contributed by atoms with Gasteiger partial charge in [-0.2, -0.15) is 0 Å². The predicted octanol–water partition coefficient (Wildman–Crippen LogP) is 2.67. The maximum atomic E-state index is 10.9. The molecule has 0 amide bonds. The van der Waals surface area contributed by atoms with Crippen molar-refractivity contribution >= 4 is 11.7 Å². The van der Waals surface area contributed by atoms with Crippen LogP contribution in [-0.2, 0) is 0 Å². The average Bonchev–Trinajstić information content (AvgIpc) is 2.39. The molecule has 0 saturated carbocycles. The zero-order valence-corrected chi connectivity index (χ0v) is 9.61. The number of carbonyl (C=O) groups is 1. The predicted molar refractivity (Wildman–Crippen MR) is 67.2 cm³/mol. The first kappa shape index (κ1) is 12.6. The first-order valence-corrected chi connectivity index (χ1v) is 5.30. The highest BCUT2D eigenvalue weighted by atomic mass is 16.6. The van der Waals surface area contributed by atoms with Crippen LogP contribution in [-0.4, -0.2) is 21.1 Å². The number of nitro groups is 1. The van der Waals surface area contributed by atoms with Crippen LogP contribution in [0.3, 0.4) is 0 Å². The summed E-state index contributed by atoms with van der Waals surface area (Å²) in [6.07, 6.45) is 0. The van der Waals surface area contributed by atoms with Gasteiger partial charge in [0.25, 0.3) is 5.69 Å². The molecule has 0 saturated heterocycles. The van der Waals surface area contributed by atoms with Crippen molar-refractivity contribution in [3.63, 3.8) is 0 Å². The molecular formula is C13H9NO5. The largest absolute Gasteiger partial charge is 0.507 e. The molecule has 6 nitrogen and oxygen atoms in total. The Morgan fingerprint density at radius 1 is 1.05 bits per heavy atom. The standard InChI is InChI=1S/C13H9NO5/c15-12-6-3-9(7-11(12)13(16)17)8-1-4-10(5-2-8)14(18)19/h1-7,15H,(H,16,17). The van der Waals surface area contributed by atoms with E-state index in [1.807, 2.05) is 0 Å². The summed E-state index contributed by atoms with van der Waals surface area (Å²) < 4.78 is 0. The normalized spacial score (nSPS) is 10.1. The number of aromatic hydroxyl groups is 1. The molecule has 6 heteroatoms. The molecule has 0 spiro atoms. The van der Waals surface area contributed by atoms with Gasteiger partial charge in [-0.05, 0) is 35.4 Å². The van der Waals surface area contributed by atoms with E-state index in [-0.39, 0.29) is 17.0 Å². The summed E-state index contributed by atoms with van der Waals surface area (Å²) in [4.78, 5) is 20.9. The molecule has 0 aliphatic rings. The topological polar surface area (TPSA) is 101 Å². The van der Waals surface area contributed by atoms with Gasteiger partial charge in [-0.1, -0.05) is 6.07 Å². The third-order valence-corrected chi connectivity index (χ3v) is 2.64. The smallest absolute Gasteiger partial charge is 0.339 e. The molecule has 0 heterocycles. The summed E-state index contributed by atoms with van der Waals surface area (Å²) >= 11 is 0. The first-order valence-electron chi connectivity index (χ1n) is 5.30. The molecule has 0 aliphatic heterocycles. The first-order chi connectivity index (χ1) is 8.99. The third-order valence-electron chi connectivity index (χ3n) is 2.64.